The lowest BCUT2D eigenvalue weighted by atomic mass is 10.0. The number of rotatable bonds is 12. The van der Waals surface area contributed by atoms with Crippen molar-refractivity contribution in [3.8, 4) is 23.1 Å². The van der Waals surface area contributed by atoms with Gasteiger partial charge in [-0.1, -0.05) is 53.6 Å². The van der Waals surface area contributed by atoms with Crippen molar-refractivity contribution in [2.24, 2.45) is 0 Å². The number of nitrogens with one attached hydrogen (secondary N) is 3. The number of ether oxygens (including phenoxy) is 1. The minimum atomic E-state index is -0.298. The lowest BCUT2D eigenvalue weighted by Gasteiger charge is -2.20. The number of nitriles is 1. The molecule has 1 heterocycles. The summed E-state index contributed by atoms with van der Waals surface area (Å²) >= 11 is 6.55. The third-order valence-electron chi connectivity index (χ3n) is 6.97. The summed E-state index contributed by atoms with van der Waals surface area (Å²) in [6.07, 6.45) is 0.592. The normalized spacial score (nSPS) is 12.4. The quantitative estimate of drug-likeness (QED) is 0.187. The molecular formula is C33H35ClN4O3. The van der Waals surface area contributed by atoms with Crippen molar-refractivity contribution in [2.45, 2.75) is 38.9 Å². The molecule has 0 saturated carbocycles. The van der Waals surface area contributed by atoms with E-state index in [1.165, 1.54) is 11.1 Å². The van der Waals surface area contributed by atoms with Crippen LogP contribution >= 0.6 is 11.6 Å². The van der Waals surface area contributed by atoms with E-state index in [0.29, 0.717) is 47.7 Å². The molecule has 0 bridgehead atoms. The number of carbonyl (C=O) groups excluding carboxylic acids is 1. The maximum absolute atomic E-state index is 13.4. The zero-order valence-corrected chi connectivity index (χ0v) is 24.5. The van der Waals surface area contributed by atoms with Gasteiger partial charge < -0.3 is 25.1 Å². The van der Waals surface area contributed by atoms with Gasteiger partial charge in [-0.05, 0) is 68.8 Å². The number of nitrogens with zero attached hydrogens (tertiary/aromatic N) is 1. The molecule has 1 amide bonds. The molecule has 1 aromatic heterocycles. The van der Waals surface area contributed by atoms with Crippen molar-refractivity contribution in [2.75, 3.05) is 20.7 Å². The highest BCUT2D eigenvalue weighted by atomic mass is 35.5. The van der Waals surface area contributed by atoms with Crippen LogP contribution in [0.4, 0.5) is 0 Å². The van der Waals surface area contributed by atoms with Gasteiger partial charge in [0.1, 0.15) is 17.3 Å². The number of hydrogen-bond acceptors (Lipinski definition) is 6. The van der Waals surface area contributed by atoms with Crippen molar-refractivity contribution in [3.05, 3.63) is 111 Å². The maximum Gasteiger partial charge on any atom is 0.253 e. The second-order valence-electron chi connectivity index (χ2n) is 10.1. The van der Waals surface area contributed by atoms with Crippen LogP contribution < -0.4 is 20.7 Å². The lowest BCUT2D eigenvalue weighted by Crippen LogP contribution is -2.42. The third-order valence-corrected chi connectivity index (χ3v) is 7.28. The summed E-state index contributed by atoms with van der Waals surface area (Å²) in [5, 5.41) is 19.1. The molecule has 3 aromatic carbocycles. The van der Waals surface area contributed by atoms with E-state index in [-0.39, 0.29) is 23.0 Å². The van der Waals surface area contributed by atoms with E-state index in [0.717, 1.165) is 11.3 Å². The molecule has 4 rings (SSSR count). The van der Waals surface area contributed by atoms with Gasteiger partial charge in [-0.2, -0.15) is 5.26 Å². The topological polar surface area (TPSA) is 99.3 Å². The van der Waals surface area contributed by atoms with Crippen molar-refractivity contribution in [1.29, 1.82) is 5.26 Å². The molecule has 7 nitrogen and oxygen atoms in total. The summed E-state index contributed by atoms with van der Waals surface area (Å²) in [6, 6.07) is 25.0. The molecule has 212 valence electrons. The Morgan fingerprint density at radius 2 is 1.80 bits per heavy atom. The Kier molecular flexibility index (Phi) is 10.2. The molecular weight excluding hydrogens is 536 g/mol. The summed E-state index contributed by atoms with van der Waals surface area (Å²) in [5.74, 6) is 1.56. The van der Waals surface area contributed by atoms with Crippen LogP contribution in [-0.2, 0) is 13.0 Å². The Labute approximate surface area is 246 Å². The fourth-order valence-electron chi connectivity index (χ4n) is 4.62. The van der Waals surface area contributed by atoms with Gasteiger partial charge in [0, 0.05) is 24.7 Å². The third kappa shape index (κ3) is 7.77. The molecule has 8 heteroatoms. The molecule has 0 aliphatic heterocycles. The number of methoxy groups -OCH3 is 1. The Morgan fingerprint density at radius 1 is 1.07 bits per heavy atom. The second-order valence-corrected chi connectivity index (χ2v) is 10.5. The first-order valence-corrected chi connectivity index (χ1v) is 13.9. The van der Waals surface area contributed by atoms with Crippen LogP contribution in [0.5, 0.6) is 5.75 Å². The number of likely N-dealkylation sites (N-methyl/N-ethyl adjacent to an activating group) is 1. The number of hydrogen-bond donors (Lipinski definition) is 3. The SMILES string of the molecule is CNC[C@@H](Cc1ccc(C#N)cc1)NC(=O)c1cc(-c2ccc(CN[C@H](C)c3ccc(C)cc3)o2)c(OC)cc1Cl. The van der Waals surface area contributed by atoms with Gasteiger partial charge in [0.2, 0.25) is 0 Å². The Bertz CT molecular complexity index is 1510. The Hall–Kier alpha value is -4.09. The second kappa shape index (κ2) is 14.0. The predicted molar refractivity (Wildman–Crippen MR) is 162 cm³/mol. The molecule has 0 aliphatic rings. The Morgan fingerprint density at radius 3 is 2.46 bits per heavy atom. The van der Waals surface area contributed by atoms with E-state index >= 15 is 0 Å². The summed E-state index contributed by atoms with van der Waals surface area (Å²) in [6.45, 7) is 5.29. The van der Waals surface area contributed by atoms with Crippen LogP contribution in [0, 0.1) is 18.3 Å². The highest BCUT2D eigenvalue weighted by Crippen LogP contribution is 2.36. The van der Waals surface area contributed by atoms with Gasteiger partial charge in [0.05, 0.1) is 41.4 Å². The zero-order chi connectivity index (χ0) is 29.4. The number of amides is 1. The van der Waals surface area contributed by atoms with Gasteiger partial charge in [-0.25, -0.2) is 0 Å². The number of furan rings is 1. The molecule has 41 heavy (non-hydrogen) atoms. The largest absolute Gasteiger partial charge is 0.496 e. The van der Waals surface area contributed by atoms with E-state index in [1.807, 2.05) is 31.3 Å². The first kappa shape index (κ1) is 29.9. The van der Waals surface area contributed by atoms with E-state index in [9.17, 15) is 4.79 Å². The minimum Gasteiger partial charge on any atom is -0.496 e. The molecule has 4 aromatic rings. The van der Waals surface area contributed by atoms with Gasteiger partial charge in [-0.15, -0.1) is 0 Å². The first-order valence-electron chi connectivity index (χ1n) is 13.5. The average Bonchev–Trinajstić information content (AvgIpc) is 3.45. The highest BCUT2D eigenvalue weighted by Gasteiger charge is 2.21. The molecule has 0 saturated heterocycles. The van der Waals surface area contributed by atoms with Gasteiger partial charge in [0.15, 0.2) is 0 Å². The monoisotopic (exact) mass is 570 g/mol. The molecule has 0 fully saturated rings. The molecule has 0 spiro atoms. The van der Waals surface area contributed by atoms with E-state index in [4.69, 9.17) is 26.0 Å². The predicted octanol–water partition coefficient (Wildman–Crippen LogP) is 6.20. The van der Waals surface area contributed by atoms with Crippen LogP contribution in [0.15, 0.2) is 77.2 Å². The van der Waals surface area contributed by atoms with Crippen molar-refractivity contribution in [1.82, 2.24) is 16.0 Å². The molecule has 0 radical (unpaired) electrons. The van der Waals surface area contributed by atoms with Crippen molar-refractivity contribution < 1.29 is 13.9 Å². The summed E-state index contributed by atoms with van der Waals surface area (Å²) in [7, 11) is 3.39. The number of halogens is 1. The summed E-state index contributed by atoms with van der Waals surface area (Å²) < 4.78 is 11.7. The molecule has 3 N–H and O–H groups in total. The zero-order valence-electron chi connectivity index (χ0n) is 23.8. The number of carbonyl (C=O) groups is 1. The van der Waals surface area contributed by atoms with Crippen molar-refractivity contribution in [3.63, 3.8) is 0 Å². The fraction of sp³-hybridized carbons (Fsp3) is 0.273. The van der Waals surface area contributed by atoms with Gasteiger partial charge >= 0.3 is 0 Å². The van der Waals surface area contributed by atoms with E-state index < -0.39 is 0 Å². The molecule has 2 atom stereocenters. The van der Waals surface area contributed by atoms with Crippen LogP contribution in [0.2, 0.25) is 5.02 Å². The number of benzene rings is 3. The smallest absolute Gasteiger partial charge is 0.253 e. The van der Waals surface area contributed by atoms with Crippen LogP contribution in [-0.4, -0.2) is 32.7 Å². The number of aryl methyl sites for hydroxylation is 1. The highest BCUT2D eigenvalue weighted by molar-refractivity contribution is 6.34. The van der Waals surface area contributed by atoms with Gasteiger partial charge in [0.25, 0.3) is 5.91 Å². The summed E-state index contributed by atoms with van der Waals surface area (Å²) in [4.78, 5) is 13.4. The standard InChI is InChI=1S/C33H35ClN4O3/c1-21-5-11-25(12-6-21)22(2)37-20-27-13-14-31(41-27)29-16-28(30(34)17-32(29)40-4)33(39)38-26(19-36-3)15-23-7-9-24(18-35)10-8-23/h5-14,16-17,22,26,36-37H,15,19-20H2,1-4H3,(H,38,39)/t22-,26-/m1/s1. The van der Waals surface area contributed by atoms with Crippen LogP contribution in [0.1, 0.15) is 51.3 Å². The molecule has 0 unspecified atom stereocenters. The minimum absolute atomic E-state index is 0.152. The molecule has 0 aliphatic carbocycles. The fourth-order valence-corrected chi connectivity index (χ4v) is 4.86. The maximum atomic E-state index is 13.4. The summed E-state index contributed by atoms with van der Waals surface area (Å²) in [5.41, 5.74) is 5.00. The van der Waals surface area contributed by atoms with Crippen LogP contribution in [0.3, 0.4) is 0 Å². The van der Waals surface area contributed by atoms with Gasteiger partial charge in [-0.3, -0.25) is 4.79 Å². The first-order chi connectivity index (χ1) is 19.8. The van der Waals surface area contributed by atoms with E-state index in [2.05, 4.69) is 60.1 Å². The Balaban J connectivity index is 1.49. The lowest BCUT2D eigenvalue weighted by molar-refractivity contribution is 0.0937. The van der Waals surface area contributed by atoms with Crippen LogP contribution in [0.25, 0.3) is 11.3 Å². The van der Waals surface area contributed by atoms with Crippen molar-refractivity contribution >= 4 is 17.5 Å². The average molecular weight is 571 g/mol. The van der Waals surface area contributed by atoms with E-state index in [1.54, 1.807) is 31.4 Å².